The minimum atomic E-state index is -4.74. The van der Waals surface area contributed by atoms with Crippen LogP contribution in [0, 0.1) is 0 Å². The van der Waals surface area contributed by atoms with Gasteiger partial charge in [0, 0.05) is 19.3 Å². The fourth-order valence-electron chi connectivity index (χ4n) is 8.13. The topological polar surface area (TPSA) is 155 Å². The molecule has 0 aromatic heterocycles. The Morgan fingerprint density at radius 1 is 0.400 bits per heavy atom. The van der Waals surface area contributed by atoms with Crippen LogP contribution in [0.2, 0.25) is 0 Å². The van der Waals surface area contributed by atoms with Crippen molar-refractivity contribution in [1.82, 2.24) is 0 Å². The van der Waals surface area contributed by atoms with Gasteiger partial charge in [-0.2, -0.15) is 0 Å². The Labute approximate surface area is 429 Å². The first-order valence-corrected chi connectivity index (χ1v) is 30.4. The first-order valence-electron chi connectivity index (χ1n) is 28.9. The number of carbonyl (C=O) groups excluding carboxylic acids is 3. The van der Waals surface area contributed by atoms with E-state index in [1.807, 2.05) is 0 Å². The van der Waals surface area contributed by atoms with Crippen LogP contribution >= 0.6 is 7.82 Å². The summed E-state index contributed by atoms with van der Waals surface area (Å²) in [5, 5.41) is 9.78. The highest BCUT2D eigenvalue weighted by molar-refractivity contribution is 7.47. The number of carbonyl (C=O) groups is 3. The number of allylic oxidation sites excluding steroid dienone is 6. The second kappa shape index (κ2) is 53.0. The standard InChI is InChI=1S/C58H107O11P/c1-4-7-10-13-16-19-22-24-25-26-27-28-29-31-33-35-38-41-44-47-56(60)65-51-55(69-58(62)49-46-43-40-37-34-30-23-20-17-14-11-8-5-2)53-67-70(63,64)66-52-54(50-59)68-57(61)48-45-42-39-36-32-21-18-15-12-9-6-3/h16,19,24-25,27-28,54-55,59H,4-15,17-18,20-23,26,29-53H2,1-3H3,(H,63,64)/b19-16-,25-24-,28-27-. The predicted octanol–water partition coefficient (Wildman–Crippen LogP) is 16.8. The number of hydrogen-bond acceptors (Lipinski definition) is 10. The largest absolute Gasteiger partial charge is 0.472 e. The number of phosphoric ester groups is 1. The highest BCUT2D eigenvalue weighted by Crippen LogP contribution is 2.43. The molecule has 0 radical (unpaired) electrons. The van der Waals surface area contributed by atoms with Crippen molar-refractivity contribution >= 4 is 25.7 Å². The van der Waals surface area contributed by atoms with Crippen molar-refractivity contribution in [2.24, 2.45) is 0 Å². The van der Waals surface area contributed by atoms with Crippen LogP contribution in [-0.4, -0.2) is 66.5 Å². The van der Waals surface area contributed by atoms with E-state index in [0.717, 1.165) is 89.9 Å². The Hall–Kier alpha value is -2.30. The van der Waals surface area contributed by atoms with Crippen molar-refractivity contribution in [3.05, 3.63) is 36.5 Å². The van der Waals surface area contributed by atoms with Gasteiger partial charge < -0.3 is 24.2 Å². The highest BCUT2D eigenvalue weighted by Gasteiger charge is 2.28. The maximum Gasteiger partial charge on any atom is 0.472 e. The zero-order valence-corrected chi connectivity index (χ0v) is 46.1. The van der Waals surface area contributed by atoms with E-state index in [1.54, 1.807) is 0 Å². The van der Waals surface area contributed by atoms with E-state index < -0.39 is 57.8 Å². The third kappa shape index (κ3) is 50.6. The van der Waals surface area contributed by atoms with Gasteiger partial charge in [-0.15, -0.1) is 0 Å². The molecule has 0 fully saturated rings. The van der Waals surface area contributed by atoms with Gasteiger partial charge in [0.05, 0.1) is 19.8 Å². The quantitative estimate of drug-likeness (QED) is 0.0197. The molecular formula is C58H107O11P. The lowest BCUT2D eigenvalue weighted by molar-refractivity contribution is -0.161. The molecular weight excluding hydrogens is 904 g/mol. The van der Waals surface area contributed by atoms with Crippen LogP contribution in [0.25, 0.3) is 0 Å². The van der Waals surface area contributed by atoms with Crippen molar-refractivity contribution < 1.29 is 52.2 Å². The van der Waals surface area contributed by atoms with Crippen molar-refractivity contribution in [3.63, 3.8) is 0 Å². The van der Waals surface area contributed by atoms with Gasteiger partial charge in [0.15, 0.2) is 6.10 Å². The highest BCUT2D eigenvalue weighted by atomic mass is 31.2. The molecule has 0 heterocycles. The number of unbranched alkanes of at least 4 members (excludes halogenated alkanes) is 31. The Bertz CT molecular complexity index is 1320. The van der Waals surface area contributed by atoms with Crippen molar-refractivity contribution in [3.8, 4) is 0 Å². The first kappa shape index (κ1) is 67.7. The number of aliphatic hydroxyl groups excluding tert-OH is 1. The smallest absolute Gasteiger partial charge is 0.462 e. The molecule has 0 aliphatic carbocycles. The summed E-state index contributed by atoms with van der Waals surface area (Å²) < 4.78 is 39.5. The molecule has 0 bridgehead atoms. The summed E-state index contributed by atoms with van der Waals surface area (Å²) in [5.41, 5.74) is 0. The lowest BCUT2D eigenvalue weighted by Crippen LogP contribution is -2.30. The number of phosphoric acid groups is 1. The molecule has 0 aliphatic heterocycles. The third-order valence-corrected chi connectivity index (χ3v) is 13.5. The predicted molar refractivity (Wildman–Crippen MR) is 289 cm³/mol. The molecule has 3 unspecified atom stereocenters. The van der Waals surface area contributed by atoms with E-state index in [9.17, 15) is 28.9 Å². The van der Waals surface area contributed by atoms with E-state index in [1.165, 1.54) is 128 Å². The molecule has 2 N–H and O–H groups in total. The monoisotopic (exact) mass is 1010 g/mol. The zero-order valence-electron chi connectivity index (χ0n) is 45.2. The Kier molecular flexibility index (Phi) is 51.3. The van der Waals surface area contributed by atoms with Gasteiger partial charge in [0.2, 0.25) is 0 Å². The molecule has 0 aliphatic rings. The molecule has 0 aromatic carbocycles. The van der Waals surface area contributed by atoms with Gasteiger partial charge in [0.1, 0.15) is 12.7 Å². The summed E-state index contributed by atoms with van der Waals surface area (Å²) in [6, 6.07) is 0. The second-order valence-corrected chi connectivity index (χ2v) is 20.9. The van der Waals surface area contributed by atoms with Crippen molar-refractivity contribution in [2.75, 3.05) is 26.4 Å². The molecule has 11 nitrogen and oxygen atoms in total. The first-order chi connectivity index (χ1) is 34.2. The molecule has 0 saturated heterocycles. The molecule has 0 spiro atoms. The van der Waals surface area contributed by atoms with Crippen LogP contribution in [0.1, 0.15) is 278 Å². The molecule has 3 atom stereocenters. The number of hydrogen-bond donors (Lipinski definition) is 2. The maximum atomic E-state index is 12.9. The molecule has 0 aromatic rings. The average molecular weight is 1010 g/mol. The molecule has 70 heavy (non-hydrogen) atoms. The van der Waals surface area contributed by atoms with Gasteiger partial charge in [0.25, 0.3) is 0 Å². The normalized spacial score (nSPS) is 13.6. The number of esters is 3. The minimum Gasteiger partial charge on any atom is -0.462 e. The van der Waals surface area contributed by atoms with Crippen LogP contribution < -0.4 is 0 Å². The second-order valence-electron chi connectivity index (χ2n) is 19.5. The van der Waals surface area contributed by atoms with Gasteiger partial charge in [-0.3, -0.25) is 23.4 Å². The Morgan fingerprint density at radius 2 is 0.700 bits per heavy atom. The zero-order chi connectivity index (χ0) is 51.3. The van der Waals surface area contributed by atoms with Crippen LogP contribution in [-0.2, 0) is 42.2 Å². The fraction of sp³-hybridized carbons (Fsp3) is 0.845. The molecule has 0 amide bonds. The Balaban J connectivity index is 4.69. The van der Waals surface area contributed by atoms with E-state index in [-0.39, 0.29) is 25.9 Å². The number of rotatable bonds is 54. The van der Waals surface area contributed by atoms with Gasteiger partial charge in [-0.05, 0) is 57.8 Å². The number of aliphatic hydroxyl groups is 1. The average Bonchev–Trinajstić information content (AvgIpc) is 3.35. The van der Waals surface area contributed by atoms with Crippen molar-refractivity contribution in [2.45, 2.75) is 290 Å². The summed E-state index contributed by atoms with van der Waals surface area (Å²) in [5.74, 6) is -1.46. The van der Waals surface area contributed by atoms with E-state index >= 15 is 0 Å². The molecule has 12 heteroatoms. The summed E-state index contributed by atoms with van der Waals surface area (Å²) in [6.45, 7) is 4.62. The van der Waals surface area contributed by atoms with E-state index in [2.05, 4.69) is 57.2 Å². The maximum absolute atomic E-state index is 12.9. The Morgan fingerprint density at radius 3 is 1.10 bits per heavy atom. The van der Waals surface area contributed by atoms with Gasteiger partial charge in [-0.1, -0.05) is 237 Å². The van der Waals surface area contributed by atoms with Crippen LogP contribution in [0.4, 0.5) is 0 Å². The van der Waals surface area contributed by atoms with Crippen LogP contribution in [0.15, 0.2) is 36.5 Å². The van der Waals surface area contributed by atoms with Crippen LogP contribution in [0.5, 0.6) is 0 Å². The molecule has 0 saturated carbocycles. The lowest BCUT2D eigenvalue weighted by Gasteiger charge is -2.21. The summed E-state index contributed by atoms with van der Waals surface area (Å²) >= 11 is 0. The van der Waals surface area contributed by atoms with E-state index in [4.69, 9.17) is 23.3 Å². The third-order valence-electron chi connectivity index (χ3n) is 12.6. The van der Waals surface area contributed by atoms with Crippen LogP contribution in [0.3, 0.4) is 0 Å². The molecule has 410 valence electrons. The molecule has 0 rings (SSSR count). The van der Waals surface area contributed by atoms with Crippen molar-refractivity contribution in [1.29, 1.82) is 0 Å². The van der Waals surface area contributed by atoms with E-state index in [0.29, 0.717) is 19.3 Å². The summed E-state index contributed by atoms with van der Waals surface area (Å²) in [7, 11) is -4.74. The summed E-state index contributed by atoms with van der Waals surface area (Å²) in [4.78, 5) is 48.4. The van der Waals surface area contributed by atoms with Gasteiger partial charge >= 0.3 is 25.7 Å². The SMILES string of the molecule is CCCCC/C=C\C/C=C\C/C=C\CCCCCCCCC(=O)OCC(COP(=O)(O)OCC(CO)OC(=O)CCCCCCCCCCCCC)OC(=O)CCCCCCCCCCCCCCC. The number of ether oxygens (including phenoxy) is 3. The summed E-state index contributed by atoms with van der Waals surface area (Å²) in [6.07, 6.45) is 53.8. The lowest BCUT2D eigenvalue weighted by atomic mass is 10.0. The fourth-order valence-corrected chi connectivity index (χ4v) is 8.91. The minimum absolute atomic E-state index is 0.170. The van der Waals surface area contributed by atoms with Gasteiger partial charge in [-0.25, -0.2) is 4.57 Å².